The molecule has 2 aliphatic carbocycles. The summed E-state index contributed by atoms with van der Waals surface area (Å²) in [7, 11) is -3.30. The average molecular weight is 384 g/mol. The maximum Gasteiger partial charge on any atom is 0.273 e. The first-order valence-electron chi connectivity index (χ1n) is 9.50. The smallest absolute Gasteiger partial charge is 0.273 e. The number of aromatic nitrogens is 1. The average Bonchev–Trinajstić information content (AvgIpc) is 3.36. The highest BCUT2D eigenvalue weighted by Crippen LogP contribution is 2.40. The number of nitrogens with one attached hydrogen (secondary N) is 2. The van der Waals surface area contributed by atoms with Crippen molar-refractivity contribution in [2.45, 2.75) is 70.0 Å². The molecule has 1 aromatic heterocycles. The molecule has 1 heterocycles. The summed E-state index contributed by atoms with van der Waals surface area (Å²) in [5, 5.41) is 6.38. The Hall–Kier alpha value is -1.41. The molecular weight excluding hydrogens is 354 g/mol. The maximum atomic E-state index is 12.4. The lowest BCUT2D eigenvalue weighted by Crippen LogP contribution is -2.44. The van der Waals surface area contributed by atoms with Gasteiger partial charge in [-0.1, -0.05) is 38.3 Å². The van der Waals surface area contributed by atoms with Crippen LogP contribution in [0.25, 0.3) is 0 Å². The van der Waals surface area contributed by atoms with E-state index in [9.17, 15) is 13.2 Å². The Bertz CT molecular complexity index is 731. The van der Waals surface area contributed by atoms with E-state index in [1.165, 1.54) is 0 Å². The Labute approximate surface area is 155 Å². The zero-order valence-corrected chi connectivity index (χ0v) is 16.4. The molecule has 2 N–H and O–H groups in total. The maximum absolute atomic E-state index is 12.4. The second-order valence-corrected chi connectivity index (χ2v) is 10.4. The summed E-state index contributed by atoms with van der Waals surface area (Å²) in [5.74, 6) is 0.896. The second kappa shape index (κ2) is 7.68. The topological polar surface area (TPSA) is 101 Å². The number of hydrogen-bond acceptors (Lipinski definition) is 5. The normalized spacial score (nSPS) is 19.5. The number of carbonyl (C=O) groups is 1. The van der Waals surface area contributed by atoms with Crippen molar-refractivity contribution in [1.82, 2.24) is 15.2 Å². The van der Waals surface area contributed by atoms with Crippen molar-refractivity contribution in [3.05, 3.63) is 17.5 Å². The third kappa shape index (κ3) is 5.07. The molecule has 0 spiro atoms. The summed E-state index contributed by atoms with van der Waals surface area (Å²) in [6, 6.07) is 1.70. The summed E-state index contributed by atoms with van der Waals surface area (Å²) in [6.45, 7) is 4.49. The molecule has 3 rings (SSSR count). The molecule has 0 atom stereocenters. The number of hydrogen-bond donors (Lipinski definition) is 2. The summed E-state index contributed by atoms with van der Waals surface area (Å²) >= 11 is 0. The fourth-order valence-electron chi connectivity index (χ4n) is 3.22. The predicted octanol–water partition coefficient (Wildman–Crippen LogP) is 2.56. The molecule has 1 aromatic rings. The van der Waals surface area contributed by atoms with Crippen LogP contribution in [0.15, 0.2) is 10.6 Å². The molecule has 0 saturated heterocycles. The molecule has 0 radical (unpaired) electrons. The van der Waals surface area contributed by atoms with E-state index in [1.54, 1.807) is 6.07 Å². The van der Waals surface area contributed by atoms with Gasteiger partial charge in [0.15, 0.2) is 5.69 Å². The quantitative estimate of drug-likeness (QED) is 0.718. The van der Waals surface area contributed by atoms with Gasteiger partial charge >= 0.3 is 0 Å². The molecule has 146 valence electrons. The molecule has 2 saturated carbocycles. The lowest BCUT2D eigenvalue weighted by Gasteiger charge is -2.28. The van der Waals surface area contributed by atoms with E-state index in [-0.39, 0.29) is 23.4 Å². The van der Waals surface area contributed by atoms with Crippen molar-refractivity contribution in [3.8, 4) is 0 Å². The molecule has 0 unspecified atom stereocenters. The Kier molecular flexibility index (Phi) is 5.72. The highest BCUT2D eigenvalue weighted by molar-refractivity contribution is 7.90. The molecule has 1 amide bonds. The highest BCUT2D eigenvalue weighted by atomic mass is 32.2. The van der Waals surface area contributed by atoms with E-state index in [2.05, 4.69) is 15.2 Å². The number of rotatable bonds is 8. The summed E-state index contributed by atoms with van der Waals surface area (Å²) in [5.41, 5.74) is -0.119. The fraction of sp³-hybridized carbons (Fsp3) is 0.778. The highest BCUT2D eigenvalue weighted by Gasteiger charge is 2.31. The van der Waals surface area contributed by atoms with Gasteiger partial charge in [0.05, 0.1) is 5.25 Å². The number of nitrogens with zero attached hydrogens (tertiary/aromatic N) is 1. The third-order valence-corrected chi connectivity index (χ3v) is 7.11. The molecule has 2 fully saturated rings. The predicted molar refractivity (Wildman–Crippen MR) is 98.4 cm³/mol. The molecule has 7 nitrogen and oxygen atoms in total. The van der Waals surface area contributed by atoms with Gasteiger partial charge in [0.1, 0.15) is 5.76 Å². The van der Waals surface area contributed by atoms with Crippen molar-refractivity contribution >= 4 is 15.9 Å². The zero-order chi connectivity index (χ0) is 18.8. The first-order chi connectivity index (χ1) is 12.3. The minimum Gasteiger partial charge on any atom is -0.360 e. The van der Waals surface area contributed by atoms with E-state index in [0.717, 1.165) is 50.7 Å². The van der Waals surface area contributed by atoms with Crippen molar-refractivity contribution in [1.29, 1.82) is 0 Å². The fourth-order valence-corrected chi connectivity index (χ4v) is 5.00. The van der Waals surface area contributed by atoms with Gasteiger partial charge in [-0.15, -0.1) is 0 Å². The largest absolute Gasteiger partial charge is 0.360 e. The molecule has 26 heavy (non-hydrogen) atoms. The minimum absolute atomic E-state index is 0.280. The Morgan fingerprint density at radius 1 is 1.19 bits per heavy atom. The summed E-state index contributed by atoms with van der Waals surface area (Å²) in [4.78, 5) is 12.2. The van der Waals surface area contributed by atoms with Crippen LogP contribution in [0, 0.1) is 5.41 Å². The van der Waals surface area contributed by atoms with E-state index in [0.29, 0.717) is 12.5 Å². The SMILES string of the molecule is CC(C)(CNC(=O)c1cc(C2CC2)on1)CNS(=O)(=O)C1CCCCC1. The minimum atomic E-state index is -3.30. The molecular formula is C18H29N3O4S. The molecule has 0 aromatic carbocycles. The molecule has 0 bridgehead atoms. The van der Waals surface area contributed by atoms with Crippen LogP contribution < -0.4 is 10.0 Å². The molecule has 2 aliphatic rings. The van der Waals surface area contributed by atoms with Crippen LogP contribution in [0.1, 0.15) is 81.0 Å². The van der Waals surface area contributed by atoms with Crippen LogP contribution in [-0.2, 0) is 10.0 Å². The number of carbonyl (C=O) groups excluding carboxylic acids is 1. The van der Waals surface area contributed by atoms with Crippen LogP contribution in [0.3, 0.4) is 0 Å². The van der Waals surface area contributed by atoms with E-state index >= 15 is 0 Å². The van der Waals surface area contributed by atoms with E-state index < -0.39 is 15.4 Å². The van der Waals surface area contributed by atoms with Crippen molar-refractivity contribution in [2.75, 3.05) is 13.1 Å². The van der Waals surface area contributed by atoms with Crippen molar-refractivity contribution < 1.29 is 17.7 Å². The first-order valence-corrected chi connectivity index (χ1v) is 11.0. The van der Waals surface area contributed by atoms with Crippen LogP contribution in [0.4, 0.5) is 0 Å². The van der Waals surface area contributed by atoms with Crippen molar-refractivity contribution in [2.24, 2.45) is 5.41 Å². The van der Waals surface area contributed by atoms with Crippen molar-refractivity contribution in [3.63, 3.8) is 0 Å². The lowest BCUT2D eigenvalue weighted by atomic mass is 9.94. The van der Waals surface area contributed by atoms with Gasteiger partial charge in [-0.2, -0.15) is 0 Å². The first kappa shape index (κ1) is 19.4. The van der Waals surface area contributed by atoms with Crippen LogP contribution >= 0.6 is 0 Å². The number of amides is 1. The van der Waals surface area contributed by atoms with Crippen LogP contribution in [0.5, 0.6) is 0 Å². The summed E-state index contributed by atoms with van der Waals surface area (Å²) in [6.07, 6.45) is 6.73. The lowest BCUT2D eigenvalue weighted by molar-refractivity contribution is 0.0928. The van der Waals surface area contributed by atoms with Gasteiger partial charge < -0.3 is 9.84 Å². The van der Waals surface area contributed by atoms with E-state index in [4.69, 9.17) is 4.52 Å². The Balaban J connectivity index is 1.47. The monoisotopic (exact) mass is 383 g/mol. The van der Waals surface area contributed by atoms with Gasteiger partial charge in [0, 0.05) is 25.1 Å². The van der Waals surface area contributed by atoms with Gasteiger partial charge in [0.2, 0.25) is 10.0 Å². The Morgan fingerprint density at radius 2 is 1.88 bits per heavy atom. The second-order valence-electron chi connectivity index (χ2n) is 8.36. The zero-order valence-electron chi connectivity index (χ0n) is 15.6. The third-order valence-electron chi connectivity index (χ3n) is 5.21. The Morgan fingerprint density at radius 3 is 2.54 bits per heavy atom. The number of sulfonamides is 1. The standard InChI is InChI=1S/C18H29N3O4S/c1-18(2,12-20-26(23,24)14-6-4-3-5-7-14)11-19-17(22)15-10-16(25-21-15)13-8-9-13/h10,13-14,20H,3-9,11-12H2,1-2H3,(H,19,22). The van der Waals surface area contributed by atoms with Gasteiger partial charge in [-0.3, -0.25) is 4.79 Å². The van der Waals surface area contributed by atoms with Gasteiger partial charge in [-0.25, -0.2) is 13.1 Å². The van der Waals surface area contributed by atoms with Gasteiger partial charge in [-0.05, 0) is 31.1 Å². The van der Waals surface area contributed by atoms with Gasteiger partial charge in [0.25, 0.3) is 5.91 Å². The molecule has 0 aliphatic heterocycles. The van der Waals surface area contributed by atoms with Crippen LogP contribution in [0.2, 0.25) is 0 Å². The summed E-state index contributed by atoms with van der Waals surface area (Å²) < 4.78 is 32.8. The van der Waals surface area contributed by atoms with E-state index in [1.807, 2.05) is 13.8 Å². The van der Waals surface area contributed by atoms with Crippen LogP contribution in [-0.4, -0.2) is 37.8 Å². The molecule has 8 heteroatoms.